The van der Waals surface area contributed by atoms with E-state index in [1.165, 1.54) is 11.0 Å². The summed E-state index contributed by atoms with van der Waals surface area (Å²) in [4.78, 5) is 35.8. The first-order valence-electron chi connectivity index (χ1n) is 10.6. The molecule has 0 bridgehead atoms. The minimum absolute atomic E-state index is 0.00697. The van der Waals surface area contributed by atoms with E-state index in [1.807, 2.05) is 0 Å². The van der Waals surface area contributed by atoms with E-state index in [2.05, 4.69) is 5.32 Å². The summed E-state index contributed by atoms with van der Waals surface area (Å²) < 4.78 is 34.3. The first kappa shape index (κ1) is 24.6. The number of nitrogens with one attached hydrogen (secondary N) is 1. The van der Waals surface area contributed by atoms with E-state index in [0.29, 0.717) is 22.4 Å². The Kier molecular flexibility index (Phi) is 6.58. The molecule has 0 saturated carbocycles. The molecule has 4 rings (SSSR count). The lowest BCUT2D eigenvalue weighted by molar-refractivity contribution is -0.136. The smallest absolute Gasteiger partial charge is 0.323 e. The highest BCUT2D eigenvalue weighted by molar-refractivity contribution is 6.02. The third kappa shape index (κ3) is 4.68. The molecule has 2 aromatic carbocycles. The Morgan fingerprint density at radius 1 is 1.00 bits per heavy atom. The molecule has 4 N–H and O–H groups in total. The van der Waals surface area contributed by atoms with E-state index in [1.54, 1.807) is 19.2 Å². The van der Waals surface area contributed by atoms with Crippen molar-refractivity contribution in [3.63, 3.8) is 0 Å². The molecule has 11 heteroatoms. The Morgan fingerprint density at radius 2 is 1.69 bits per heavy atom. The fourth-order valence-corrected chi connectivity index (χ4v) is 4.15. The lowest BCUT2D eigenvalue weighted by Gasteiger charge is -2.25. The van der Waals surface area contributed by atoms with Crippen molar-refractivity contribution in [2.75, 3.05) is 25.0 Å². The molecule has 0 radical (unpaired) electrons. The number of anilines is 1. The molecule has 36 heavy (non-hydrogen) atoms. The zero-order valence-electron chi connectivity index (χ0n) is 18.8. The van der Waals surface area contributed by atoms with Crippen molar-refractivity contribution in [1.29, 1.82) is 0 Å². The number of hydrogen-bond acceptors (Lipinski definition) is 7. The largest absolute Gasteiger partial charge is 0.505 e. The summed E-state index contributed by atoms with van der Waals surface area (Å²) in [5.74, 6) is -5.11. The van der Waals surface area contributed by atoms with E-state index >= 15 is 0 Å². The first-order valence-corrected chi connectivity index (χ1v) is 10.6. The van der Waals surface area contributed by atoms with Crippen LogP contribution in [0.3, 0.4) is 0 Å². The highest BCUT2D eigenvalue weighted by Crippen LogP contribution is 2.42. The number of phenolic OH excluding ortho intramolecular Hbond substituents is 1. The SMILES string of the molecule is CNCc1cc(-c2c3cc(F)c(=O)cc-3oc3cc(O)c(F)cc23)ccc1N(CC(=O)O)CC(=O)O. The molecule has 0 saturated heterocycles. The zero-order valence-corrected chi connectivity index (χ0v) is 18.8. The van der Waals surface area contributed by atoms with Crippen molar-refractivity contribution in [3.8, 4) is 28.2 Å². The maximum atomic E-state index is 14.4. The Labute approximate surface area is 202 Å². The topological polar surface area (TPSA) is 140 Å². The monoisotopic (exact) mass is 498 g/mol. The van der Waals surface area contributed by atoms with Crippen LogP contribution in [0.15, 0.2) is 51.7 Å². The van der Waals surface area contributed by atoms with Gasteiger partial charge in [0, 0.05) is 40.9 Å². The van der Waals surface area contributed by atoms with Gasteiger partial charge in [-0.05, 0) is 42.4 Å². The summed E-state index contributed by atoms with van der Waals surface area (Å²) in [5.41, 5.74) is 0.885. The van der Waals surface area contributed by atoms with E-state index in [9.17, 15) is 38.5 Å². The van der Waals surface area contributed by atoms with Gasteiger partial charge >= 0.3 is 11.9 Å². The standard InChI is InChI=1S/C25H20F2N2O7/c1-28-9-13-4-12(2-3-18(13)29(10-23(32)33)11-24(34)35)25-14-5-16(26)19(30)7-21(14)36-22-8-20(31)17(27)6-15(22)25/h2-8,28,30H,9-11H2,1H3,(H,32,33)(H,34,35). The van der Waals surface area contributed by atoms with Crippen molar-refractivity contribution in [3.05, 3.63) is 69.9 Å². The molecule has 1 heterocycles. The summed E-state index contributed by atoms with van der Waals surface area (Å²) in [7, 11) is 1.64. The molecule has 0 unspecified atom stereocenters. The van der Waals surface area contributed by atoms with Crippen LogP contribution in [-0.4, -0.2) is 47.4 Å². The third-order valence-electron chi connectivity index (χ3n) is 5.57. The minimum atomic E-state index is -1.23. The number of hydrogen-bond donors (Lipinski definition) is 4. The number of aliphatic carboxylic acids is 2. The Balaban J connectivity index is 2.02. The summed E-state index contributed by atoms with van der Waals surface area (Å²) in [6, 6.07) is 8.71. The van der Waals surface area contributed by atoms with Gasteiger partial charge in [0.1, 0.15) is 24.4 Å². The van der Waals surface area contributed by atoms with Gasteiger partial charge in [-0.2, -0.15) is 0 Å². The predicted molar refractivity (Wildman–Crippen MR) is 126 cm³/mol. The molecule has 0 aromatic heterocycles. The van der Waals surface area contributed by atoms with Crippen LogP contribution in [0.2, 0.25) is 0 Å². The highest BCUT2D eigenvalue weighted by atomic mass is 19.1. The predicted octanol–water partition coefficient (Wildman–Crippen LogP) is 3.24. The number of phenols is 1. The van der Waals surface area contributed by atoms with E-state index in [4.69, 9.17) is 4.42 Å². The van der Waals surface area contributed by atoms with Crippen LogP contribution in [0.1, 0.15) is 5.56 Å². The van der Waals surface area contributed by atoms with Gasteiger partial charge in [-0.15, -0.1) is 0 Å². The number of aromatic hydroxyl groups is 1. The number of benzene rings is 3. The zero-order chi connectivity index (χ0) is 26.1. The van der Waals surface area contributed by atoms with Gasteiger partial charge in [0.15, 0.2) is 17.4 Å². The minimum Gasteiger partial charge on any atom is -0.505 e. The average molecular weight is 498 g/mol. The average Bonchev–Trinajstić information content (AvgIpc) is 2.79. The second kappa shape index (κ2) is 9.62. The molecule has 9 nitrogen and oxygen atoms in total. The van der Waals surface area contributed by atoms with Crippen LogP contribution in [0.25, 0.3) is 33.4 Å². The van der Waals surface area contributed by atoms with Crippen LogP contribution in [0.5, 0.6) is 5.75 Å². The maximum Gasteiger partial charge on any atom is 0.323 e. The number of halogens is 2. The molecule has 0 fully saturated rings. The number of fused-ring (bicyclic) bond motifs is 2. The Bertz CT molecular complexity index is 1520. The van der Waals surface area contributed by atoms with Gasteiger partial charge < -0.3 is 30.0 Å². The number of carbonyl (C=O) groups is 2. The van der Waals surface area contributed by atoms with Gasteiger partial charge in [0.25, 0.3) is 0 Å². The van der Waals surface area contributed by atoms with Crippen molar-refractivity contribution in [2.24, 2.45) is 0 Å². The van der Waals surface area contributed by atoms with Gasteiger partial charge in [-0.1, -0.05) is 6.07 Å². The van der Waals surface area contributed by atoms with Gasteiger partial charge in [0.2, 0.25) is 5.43 Å². The van der Waals surface area contributed by atoms with Crippen molar-refractivity contribution >= 4 is 28.6 Å². The number of carboxylic acid groups (broad SMARTS) is 2. The number of rotatable bonds is 8. The Morgan fingerprint density at radius 3 is 2.33 bits per heavy atom. The molecule has 0 spiro atoms. The fourth-order valence-electron chi connectivity index (χ4n) is 4.15. The van der Waals surface area contributed by atoms with Crippen molar-refractivity contribution in [2.45, 2.75) is 6.54 Å². The van der Waals surface area contributed by atoms with Gasteiger partial charge in [-0.25, -0.2) is 8.78 Å². The molecule has 186 valence electrons. The van der Waals surface area contributed by atoms with Crippen LogP contribution in [-0.2, 0) is 16.1 Å². The normalized spacial score (nSPS) is 11.2. The lowest BCUT2D eigenvalue weighted by Crippen LogP contribution is -2.35. The molecule has 2 aliphatic rings. The maximum absolute atomic E-state index is 14.4. The molecule has 2 aromatic rings. The van der Waals surface area contributed by atoms with E-state index < -0.39 is 47.8 Å². The van der Waals surface area contributed by atoms with E-state index in [-0.39, 0.29) is 28.8 Å². The van der Waals surface area contributed by atoms with Crippen LogP contribution in [0.4, 0.5) is 14.5 Å². The molecular weight excluding hydrogens is 478 g/mol. The molecule has 1 aliphatic heterocycles. The summed E-state index contributed by atoms with van der Waals surface area (Å²) >= 11 is 0. The second-order valence-electron chi connectivity index (χ2n) is 8.07. The number of nitrogens with zero attached hydrogens (tertiary/aromatic N) is 1. The fraction of sp³-hybridized carbons (Fsp3) is 0.160. The second-order valence-corrected chi connectivity index (χ2v) is 8.07. The third-order valence-corrected chi connectivity index (χ3v) is 5.57. The molecule has 0 atom stereocenters. The molecule has 1 aliphatic carbocycles. The van der Waals surface area contributed by atoms with Crippen LogP contribution in [0, 0.1) is 11.6 Å². The molecular formula is C25H20F2N2O7. The van der Waals surface area contributed by atoms with Gasteiger partial charge in [-0.3, -0.25) is 14.4 Å². The van der Waals surface area contributed by atoms with Crippen molar-refractivity contribution < 1.29 is 38.1 Å². The quantitative estimate of drug-likeness (QED) is 0.270. The summed E-state index contributed by atoms with van der Waals surface area (Å²) in [6.45, 7) is -0.930. The lowest BCUT2D eigenvalue weighted by atomic mass is 9.92. The van der Waals surface area contributed by atoms with Crippen LogP contribution < -0.4 is 15.6 Å². The van der Waals surface area contributed by atoms with Gasteiger partial charge in [0.05, 0.1) is 0 Å². The van der Waals surface area contributed by atoms with Crippen LogP contribution >= 0.6 is 0 Å². The highest BCUT2D eigenvalue weighted by Gasteiger charge is 2.23. The first-order chi connectivity index (χ1) is 17.1. The van der Waals surface area contributed by atoms with Crippen molar-refractivity contribution in [1.82, 2.24) is 5.32 Å². The summed E-state index contributed by atoms with van der Waals surface area (Å²) in [6.07, 6.45) is 0. The Hall–Kier alpha value is -4.51. The summed E-state index contributed by atoms with van der Waals surface area (Å²) in [5, 5.41) is 31.5. The number of carboxylic acids is 2. The molecule has 0 amide bonds. The van der Waals surface area contributed by atoms with E-state index in [0.717, 1.165) is 24.3 Å².